The molecule has 4 rings (SSSR count). The summed E-state index contributed by atoms with van der Waals surface area (Å²) >= 11 is 0. The molecule has 0 unspecified atom stereocenters. The molecule has 0 aliphatic carbocycles. The second kappa shape index (κ2) is 13.3. The number of benzene rings is 3. The first-order valence-corrected chi connectivity index (χ1v) is 13.5. The number of urea groups is 1. The molecule has 1 heterocycles. The van der Waals surface area contributed by atoms with E-state index in [0.717, 1.165) is 16.7 Å². The molecule has 2 atom stereocenters. The van der Waals surface area contributed by atoms with E-state index in [1.54, 1.807) is 62.3 Å². The van der Waals surface area contributed by atoms with Crippen LogP contribution in [-0.2, 0) is 29.0 Å². The molecule has 216 valence electrons. The van der Waals surface area contributed by atoms with Crippen LogP contribution in [0.3, 0.4) is 0 Å². The van der Waals surface area contributed by atoms with Crippen molar-refractivity contribution in [2.75, 3.05) is 27.2 Å². The molecule has 3 aromatic carbocycles. The number of phenolic OH excluding ortho intramolecular Hbond substituents is 1. The lowest BCUT2D eigenvalue weighted by Crippen LogP contribution is -2.70. The number of hydrogen-bond acceptors (Lipinski definition) is 5. The van der Waals surface area contributed by atoms with E-state index in [2.05, 4.69) is 5.32 Å². The summed E-state index contributed by atoms with van der Waals surface area (Å²) < 4.78 is 13.3. The van der Waals surface area contributed by atoms with E-state index in [-0.39, 0.29) is 42.9 Å². The first-order valence-electron chi connectivity index (χ1n) is 13.5. The first-order chi connectivity index (χ1) is 19.6. The molecule has 1 aliphatic heterocycles. The zero-order chi connectivity index (χ0) is 29.5. The Bertz CT molecular complexity index is 1340. The second-order valence-electron chi connectivity index (χ2n) is 10.3. The number of nitrogens with one attached hydrogen (secondary N) is 1. The number of hydrazine groups is 1. The molecule has 1 aliphatic rings. The van der Waals surface area contributed by atoms with Crippen LogP contribution in [0.5, 0.6) is 5.75 Å². The van der Waals surface area contributed by atoms with Crippen LogP contribution >= 0.6 is 0 Å². The van der Waals surface area contributed by atoms with E-state index in [4.69, 9.17) is 0 Å². The number of aromatic hydroxyl groups is 1. The maximum absolute atomic E-state index is 13.9. The van der Waals surface area contributed by atoms with Crippen LogP contribution < -0.4 is 5.32 Å². The van der Waals surface area contributed by atoms with Crippen molar-refractivity contribution in [3.8, 4) is 5.75 Å². The summed E-state index contributed by atoms with van der Waals surface area (Å²) in [7, 11) is 3.36. The van der Waals surface area contributed by atoms with Crippen LogP contribution in [-0.4, -0.2) is 82.2 Å². The molecule has 2 N–H and O–H groups in total. The third-order valence-corrected chi connectivity index (χ3v) is 7.28. The van der Waals surface area contributed by atoms with Crippen LogP contribution in [0, 0.1) is 5.82 Å². The lowest BCUT2D eigenvalue weighted by molar-refractivity contribution is -0.171. The Hall–Kier alpha value is -4.44. The summed E-state index contributed by atoms with van der Waals surface area (Å²) in [5.41, 5.74) is 2.58. The zero-order valence-electron chi connectivity index (χ0n) is 23.5. The van der Waals surface area contributed by atoms with Crippen molar-refractivity contribution in [2.24, 2.45) is 0 Å². The molecule has 1 fully saturated rings. The van der Waals surface area contributed by atoms with E-state index >= 15 is 0 Å². The van der Waals surface area contributed by atoms with Crippen molar-refractivity contribution < 1.29 is 23.9 Å². The molecule has 0 bridgehead atoms. The summed E-state index contributed by atoms with van der Waals surface area (Å²) in [6.07, 6.45) is 0.0850. The van der Waals surface area contributed by atoms with Gasteiger partial charge < -0.3 is 20.2 Å². The number of likely N-dealkylation sites (N-methyl/N-ethyl adjacent to an activating group) is 2. The molecule has 0 saturated carbocycles. The van der Waals surface area contributed by atoms with Gasteiger partial charge in [-0.3, -0.25) is 9.59 Å². The van der Waals surface area contributed by atoms with Gasteiger partial charge in [0.05, 0.1) is 6.54 Å². The Kier molecular flexibility index (Phi) is 9.57. The van der Waals surface area contributed by atoms with Crippen LogP contribution in [0.2, 0.25) is 0 Å². The quantitative estimate of drug-likeness (QED) is 0.418. The lowest BCUT2D eigenvalue weighted by Gasteiger charge is -2.49. The number of rotatable bonds is 9. The van der Waals surface area contributed by atoms with Crippen LogP contribution in [0.25, 0.3) is 0 Å². The third-order valence-electron chi connectivity index (χ3n) is 7.28. The summed E-state index contributed by atoms with van der Waals surface area (Å²) in [6.45, 7) is 2.24. The fraction of sp³-hybridized carbons (Fsp3) is 0.323. The molecular formula is C31H36FN5O4. The van der Waals surface area contributed by atoms with Crippen molar-refractivity contribution in [1.82, 2.24) is 25.1 Å². The SMILES string of the molecule is C[C@H]1N([C@@H](Cc2ccc(O)cc2)C(=O)N(C)CCc2ccccc2)C(=O)CN(C)N1C(=O)NCc1ccc(F)cc1. The minimum Gasteiger partial charge on any atom is -0.508 e. The van der Waals surface area contributed by atoms with Gasteiger partial charge in [0.1, 0.15) is 23.8 Å². The highest BCUT2D eigenvalue weighted by molar-refractivity contribution is 5.90. The number of carbonyl (C=O) groups excluding carboxylic acids is 3. The minimum atomic E-state index is -0.885. The maximum Gasteiger partial charge on any atom is 0.334 e. The third kappa shape index (κ3) is 7.40. The average molecular weight is 562 g/mol. The highest BCUT2D eigenvalue weighted by Crippen LogP contribution is 2.23. The average Bonchev–Trinajstić information content (AvgIpc) is 2.96. The Morgan fingerprint density at radius 2 is 1.63 bits per heavy atom. The Morgan fingerprint density at radius 3 is 2.29 bits per heavy atom. The summed E-state index contributed by atoms with van der Waals surface area (Å²) in [4.78, 5) is 43.8. The molecule has 4 amide bonds. The number of halogens is 1. The van der Waals surface area contributed by atoms with E-state index < -0.39 is 18.2 Å². The largest absolute Gasteiger partial charge is 0.508 e. The normalized spacial score (nSPS) is 16.4. The summed E-state index contributed by atoms with van der Waals surface area (Å²) in [5.74, 6) is -0.789. The molecule has 41 heavy (non-hydrogen) atoms. The van der Waals surface area contributed by atoms with Gasteiger partial charge in [-0.2, -0.15) is 0 Å². The summed E-state index contributed by atoms with van der Waals surface area (Å²) in [6, 6.07) is 20.9. The molecule has 10 heteroatoms. The van der Waals surface area contributed by atoms with Crippen molar-refractivity contribution in [3.05, 3.63) is 101 Å². The van der Waals surface area contributed by atoms with Crippen molar-refractivity contribution in [1.29, 1.82) is 0 Å². The topological polar surface area (TPSA) is 96.4 Å². The van der Waals surface area contributed by atoms with Gasteiger partial charge in [0.25, 0.3) is 0 Å². The Balaban J connectivity index is 1.55. The maximum atomic E-state index is 13.9. The second-order valence-corrected chi connectivity index (χ2v) is 10.3. The number of nitrogens with zero attached hydrogens (tertiary/aromatic N) is 4. The molecule has 0 aromatic heterocycles. The van der Waals surface area contributed by atoms with Gasteiger partial charge in [-0.05, 0) is 54.3 Å². The number of amides is 4. The highest BCUT2D eigenvalue weighted by atomic mass is 19.1. The minimum absolute atomic E-state index is 0.0958. The van der Waals surface area contributed by atoms with Gasteiger partial charge in [-0.25, -0.2) is 19.2 Å². The predicted octanol–water partition coefficient (Wildman–Crippen LogP) is 3.39. The van der Waals surface area contributed by atoms with Gasteiger partial charge in [-0.1, -0.05) is 54.6 Å². The molecule has 0 radical (unpaired) electrons. The lowest BCUT2D eigenvalue weighted by atomic mass is 10.0. The van der Waals surface area contributed by atoms with E-state index in [0.29, 0.717) is 13.0 Å². The van der Waals surface area contributed by atoms with Gasteiger partial charge in [0.2, 0.25) is 11.8 Å². The molecular weight excluding hydrogens is 525 g/mol. The number of phenols is 1. The molecule has 1 saturated heterocycles. The monoisotopic (exact) mass is 561 g/mol. The van der Waals surface area contributed by atoms with Crippen LogP contribution in [0.1, 0.15) is 23.6 Å². The van der Waals surface area contributed by atoms with Crippen LogP contribution in [0.15, 0.2) is 78.9 Å². The van der Waals surface area contributed by atoms with Crippen molar-refractivity contribution in [2.45, 2.75) is 38.5 Å². The standard InChI is InChI=1S/C31H36FN5O4/c1-22-36(29(39)21-35(3)37(22)31(41)33-20-25-9-13-26(32)14-10-25)28(19-24-11-15-27(38)16-12-24)30(40)34(2)18-17-23-7-5-4-6-8-23/h4-16,22,28,38H,17-21H2,1-3H3,(H,33,41)/t22-,28-/m0/s1. The van der Waals surface area contributed by atoms with Gasteiger partial charge >= 0.3 is 6.03 Å². The Morgan fingerprint density at radius 1 is 1.00 bits per heavy atom. The first kappa shape index (κ1) is 29.5. The van der Waals surface area contributed by atoms with Gasteiger partial charge in [0.15, 0.2) is 0 Å². The number of carbonyl (C=O) groups is 3. The van der Waals surface area contributed by atoms with E-state index in [1.807, 2.05) is 30.3 Å². The van der Waals surface area contributed by atoms with E-state index in [1.165, 1.54) is 27.1 Å². The predicted molar refractivity (Wildman–Crippen MR) is 153 cm³/mol. The Labute approximate surface area is 239 Å². The fourth-order valence-corrected chi connectivity index (χ4v) is 5.05. The molecule has 3 aromatic rings. The fourth-order valence-electron chi connectivity index (χ4n) is 5.05. The number of hydrogen-bond donors (Lipinski definition) is 2. The molecule has 0 spiro atoms. The van der Waals surface area contributed by atoms with Gasteiger partial charge in [0, 0.05) is 33.6 Å². The highest BCUT2D eigenvalue weighted by Gasteiger charge is 2.43. The summed E-state index contributed by atoms with van der Waals surface area (Å²) in [5, 5.41) is 15.5. The molecule has 9 nitrogen and oxygen atoms in total. The van der Waals surface area contributed by atoms with E-state index in [9.17, 15) is 23.9 Å². The zero-order valence-corrected chi connectivity index (χ0v) is 23.5. The smallest absolute Gasteiger partial charge is 0.334 e. The van der Waals surface area contributed by atoms with Crippen molar-refractivity contribution in [3.63, 3.8) is 0 Å². The van der Waals surface area contributed by atoms with Gasteiger partial charge in [-0.15, -0.1) is 0 Å². The van der Waals surface area contributed by atoms with Crippen molar-refractivity contribution >= 4 is 17.8 Å². The van der Waals surface area contributed by atoms with Crippen LogP contribution in [0.4, 0.5) is 9.18 Å².